The molecule has 9 rings (SSSR count). The molecule has 0 aliphatic heterocycles. The van der Waals surface area contributed by atoms with Crippen molar-refractivity contribution in [3.05, 3.63) is 198 Å². The molecule has 0 heterocycles. The Hall–Kier alpha value is -6.18. The largest absolute Gasteiger partial charge is 0.309 e. The van der Waals surface area contributed by atoms with E-state index in [1.54, 1.807) is 0 Å². The molecule has 1 heteroatoms. The second-order valence-corrected chi connectivity index (χ2v) is 21.1. The zero-order valence-corrected chi connectivity index (χ0v) is 38.6. The van der Waals surface area contributed by atoms with Crippen LogP contribution >= 0.6 is 0 Å². The lowest BCUT2D eigenvalue weighted by atomic mass is 9.78. The van der Waals surface area contributed by atoms with Gasteiger partial charge in [-0.15, -0.1) is 0 Å². The van der Waals surface area contributed by atoms with Gasteiger partial charge >= 0.3 is 0 Å². The van der Waals surface area contributed by atoms with E-state index in [-0.39, 0.29) is 21.7 Å². The molecule has 1 aliphatic rings. The highest BCUT2D eigenvalue weighted by atomic mass is 15.2. The molecule has 0 unspecified atom stereocenters. The SMILES string of the molecule is CC(C)(C)c1ccc(-c2ccccc2N(c2ccccc2-c2cccc3cccc(-c4cc(C(C)(C)C)cc(C(C)(C)C)c4)c23)c2cccc3c2-c2ccccc2C3(C)C)cc1. The summed E-state index contributed by atoms with van der Waals surface area (Å²) in [7, 11) is 0. The van der Waals surface area contributed by atoms with Gasteiger partial charge in [0.05, 0.1) is 17.1 Å². The van der Waals surface area contributed by atoms with Gasteiger partial charge in [0.25, 0.3) is 0 Å². The predicted octanol–water partition coefficient (Wildman–Crippen LogP) is 17.5. The minimum atomic E-state index is -0.145. The van der Waals surface area contributed by atoms with Crippen LogP contribution in [0.5, 0.6) is 0 Å². The number of rotatable bonds is 6. The fraction of sp³-hybridized carbons (Fsp3) is 0.246. The van der Waals surface area contributed by atoms with Crippen LogP contribution in [0, 0.1) is 0 Å². The highest BCUT2D eigenvalue weighted by Gasteiger charge is 2.38. The maximum atomic E-state index is 2.57. The molecule has 0 spiro atoms. The Morgan fingerprint density at radius 2 is 0.823 bits per heavy atom. The maximum absolute atomic E-state index is 2.57. The molecule has 0 radical (unpaired) electrons. The summed E-state index contributed by atoms with van der Waals surface area (Å²) in [6.07, 6.45) is 0. The van der Waals surface area contributed by atoms with Gasteiger partial charge in [-0.3, -0.25) is 0 Å². The summed E-state index contributed by atoms with van der Waals surface area (Å²) in [6.45, 7) is 25.6. The zero-order chi connectivity index (χ0) is 43.8. The van der Waals surface area contributed by atoms with Crippen LogP contribution in [0.25, 0.3) is 55.3 Å². The predicted molar refractivity (Wildman–Crippen MR) is 269 cm³/mol. The Kier molecular flexibility index (Phi) is 9.98. The number of para-hydroxylation sites is 2. The van der Waals surface area contributed by atoms with Gasteiger partial charge in [-0.2, -0.15) is 0 Å². The van der Waals surface area contributed by atoms with Crippen LogP contribution in [-0.2, 0) is 21.7 Å². The van der Waals surface area contributed by atoms with Crippen molar-refractivity contribution in [2.75, 3.05) is 4.90 Å². The minimum absolute atomic E-state index is 0.000108. The van der Waals surface area contributed by atoms with Crippen LogP contribution in [0.4, 0.5) is 17.1 Å². The molecule has 0 bridgehead atoms. The van der Waals surface area contributed by atoms with Crippen molar-refractivity contribution in [1.29, 1.82) is 0 Å². The van der Waals surface area contributed by atoms with Gasteiger partial charge in [-0.05, 0) is 101 Å². The molecule has 0 saturated carbocycles. The van der Waals surface area contributed by atoms with Crippen LogP contribution in [0.1, 0.15) is 104 Å². The molecule has 1 aliphatic carbocycles. The lowest BCUT2D eigenvalue weighted by Gasteiger charge is -2.32. The first kappa shape index (κ1) is 41.2. The van der Waals surface area contributed by atoms with Crippen molar-refractivity contribution in [1.82, 2.24) is 0 Å². The number of fused-ring (bicyclic) bond motifs is 4. The lowest BCUT2D eigenvalue weighted by Crippen LogP contribution is -2.16. The van der Waals surface area contributed by atoms with Gasteiger partial charge in [-0.1, -0.05) is 228 Å². The Morgan fingerprint density at radius 1 is 0.355 bits per heavy atom. The molecule has 0 atom stereocenters. The first-order valence-electron chi connectivity index (χ1n) is 22.4. The van der Waals surface area contributed by atoms with Crippen molar-refractivity contribution in [2.24, 2.45) is 0 Å². The number of hydrogen-bond donors (Lipinski definition) is 0. The van der Waals surface area contributed by atoms with Gasteiger partial charge in [0.1, 0.15) is 0 Å². The number of anilines is 3. The Bertz CT molecular complexity index is 2940. The first-order valence-corrected chi connectivity index (χ1v) is 22.4. The fourth-order valence-electron chi connectivity index (χ4n) is 9.72. The van der Waals surface area contributed by atoms with Gasteiger partial charge < -0.3 is 4.90 Å². The maximum Gasteiger partial charge on any atom is 0.0543 e. The van der Waals surface area contributed by atoms with Crippen molar-refractivity contribution in [3.63, 3.8) is 0 Å². The number of hydrogen-bond acceptors (Lipinski definition) is 1. The summed E-state index contributed by atoms with van der Waals surface area (Å²) in [4.78, 5) is 2.57. The van der Waals surface area contributed by atoms with Crippen molar-refractivity contribution < 1.29 is 0 Å². The molecule has 310 valence electrons. The average molecular weight is 808 g/mol. The lowest BCUT2D eigenvalue weighted by molar-refractivity contribution is 0.569. The van der Waals surface area contributed by atoms with Crippen molar-refractivity contribution in [2.45, 2.75) is 97.8 Å². The van der Waals surface area contributed by atoms with E-state index in [0.717, 1.165) is 11.4 Å². The summed E-state index contributed by atoms with van der Waals surface area (Å²) in [6, 6.07) is 64.3. The third kappa shape index (κ3) is 7.16. The minimum Gasteiger partial charge on any atom is -0.309 e. The fourth-order valence-corrected chi connectivity index (χ4v) is 9.72. The molecule has 0 fully saturated rings. The molecule has 0 amide bonds. The summed E-state index contributed by atoms with van der Waals surface area (Å²) in [5.41, 5.74) is 20.1. The molecule has 0 N–H and O–H groups in total. The van der Waals surface area contributed by atoms with E-state index in [1.807, 2.05) is 0 Å². The highest BCUT2D eigenvalue weighted by Crippen LogP contribution is 2.56. The van der Waals surface area contributed by atoms with E-state index in [1.165, 1.54) is 88.8 Å². The molecule has 62 heavy (non-hydrogen) atoms. The summed E-state index contributed by atoms with van der Waals surface area (Å²) >= 11 is 0. The van der Waals surface area contributed by atoms with Gasteiger partial charge in [0.15, 0.2) is 0 Å². The summed E-state index contributed by atoms with van der Waals surface area (Å²) in [5.74, 6) is 0. The van der Waals surface area contributed by atoms with Gasteiger partial charge in [0, 0.05) is 22.1 Å². The third-order valence-electron chi connectivity index (χ3n) is 13.3. The molecule has 8 aromatic carbocycles. The van der Waals surface area contributed by atoms with E-state index < -0.39 is 0 Å². The van der Waals surface area contributed by atoms with Gasteiger partial charge in [-0.25, -0.2) is 0 Å². The van der Waals surface area contributed by atoms with E-state index in [0.29, 0.717) is 0 Å². The van der Waals surface area contributed by atoms with E-state index >= 15 is 0 Å². The monoisotopic (exact) mass is 807 g/mol. The molecular weight excluding hydrogens is 747 g/mol. The van der Waals surface area contributed by atoms with E-state index in [4.69, 9.17) is 0 Å². The van der Waals surface area contributed by atoms with Crippen LogP contribution < -0.4 is 4.90 Å². The zero-order valence-electron chi connectivity index (χ0n) is 38.6. The Balaban J connectivity index is 1.35. The summed E-state index contributed by atoms with van der Waals surface area (Å²) < 4.78 is 0. The molecular formula is C61H61N. The second kappa shape index (κ2) is 15.0. The standard InChI is InChI=1S/C61H61N/c1-58(2,3)43-35-33-40(34-36-43)46-23-13-16-30-53(46)62(55-32-20-29-52-57(55)50-25-12-15-28-51(50)61(52,10)11)54-31-17-14-24-48(54)49-27-19-22-41-21-18-26-47(56(41)49)42-37-44(59(4,5)6)39-45(38-42)60(7,8)9/h12-39H,1-11H3. The average Bonchev–Trinajstić information content (AvgIpc) is 3.49. The normalized spacial score (nSPS) is 13.5. The number of benzene rings is 8. The van der Waals surface area contributed by atoms with Crippen LogP contribution in [0.2, 0.25) is 0 Å². The highest BCUT2D eigenvalue weighted by molar-refractivity contribution is 6.10. The van der Waals surface area contributed by atoms with Crippen molar-refractivity contribution >= 4 is 27.8 Å². The second-order valence-electron chi connectivity index (χ2n) is 21.1. The summed E-state index contributed by atoms with van der Waals surface area (Å²) in [5, 5.41) is 2.50. The molecule has 8 aromatic rings. The number of nitrogens with zero attached hydrogens (tertiary/aromatic N) is 1. The van der Waals surface area contributed by atoms with Crippen LogP contribution in [-0.4, -0.2) is 0 Å². The molecule has 0 saturated heterocycles. The third-order valence-corrected chi connectivity index (χ3v) is 13.3. The Labute approximate surface area is 371 Å². The quantitative estimate of drug-likeness (QED) is 0.162. The van der Waals surface area contributed by atoms with Crippen molar-refractivity contribution in [3.8, 4) is 44.5 Å². The van der Waals surface area contributed by atoms with Gasteiger partial charge in [0.2, 0.25) is 0 Å². The smallest absolute Gasteiger partial charge is 0.0543 e. The van der Waals surface area contributed by atoms with Crippen LogP contribution in [0.3, 0.4) is 0 Å². The van der Waals surface area contributed by atoms with E-state index in [2.05, 4.69) is 251 Å². The Morgan fingerprint density at radius 3 is 1.44 bits per heavy atom. The molecule has 0 aromatic heterocycles. The van der Waals surface area contributed by atoms with E-state index in [9.17, 15) is 0 Å². The van der Waals surface area contributed by atoms with Crippen LogP contribution in [0.15, 0.2) is 170 Å². The first-order chi connectivity index (χ1) is 29.4. The topological polar surface area (TPSA) is 3.24 Å². The molecule has 1 nitrogen and oxygen atoms in total.